The number of carbonyl (C=O) groups excluding carboxylic acids is 1. The van der Waals surface area contributed by atoms with E-state index in [-0.39, 0.29) is 5.91 Å². The van der Waals surface area contributed by atoms with Gasteiger partial charge in [0.25, 0.3) is 0 Å². The minimum Gasteiger partial charge on any atom is -0.379 e. The first-order valence-electron chi connectivity index (χ1n) is 8.08. The maximum absolute atomic E-state index is 11.6. The summed E-state index contributed by atoms with van der Waals surface area (Å²) < 4.78 is 5.37. The molecular weight excluding hydrogens is 282 g/mol. The van der Waals surface area contributed by atoms with Crippen LogP contribution in [0.25, 0.3) is 0 Å². The number of morpholine rings is 1. The summed E-state index contributed by atoms with van der Waals surface area (Å²) >= 11 is 0. The van der Waals surface area contributed by atoms with Crippen LogP contribution in [0, 0.1) is 0 Å². The Balaban J connectivity index is 2.38. The van der Waals surface area contributed by atoms with Crippen LogP contribution >= 0.6 is 0 Å². The molecule has 1 fully saturated rings. The summed E-state index contributed by atoms with van der Waals surface area (Å²) in [5.74, 6) is 0.888. The number of nitrogens with one attached hydrogen (secondary N) is 2. The van der Waals surface area contributed by atoms with E-state index in [1.807, 2.05) is 6.92 Å². The molecule has 1 amide bonds. The molecular formula is C15H31N5O2. The average Bonchev–Trinajstić information content (AvgIpc) is 2.52. The molecule has 1 heterocycles. The number of aliphatic imine (C=N–C) groups is 1. The Morgan fingerprint density at radius 3 is 2.59 bits per heavy atom. The number of nitrogens with zero attached hydrogens (tertiary/aromatic N) is 3. The Labute approximate surface area is 134 Å². The van der Waals surface area contributed by atoms with Gasteiger partial charge >= 0.3 is 0 Å². The Morgan fingerprint density at radius 2 is 2.00 bits per heavy atom. The summed E-state index contributed by atoms with van der Waals surface area (Å²) in [6, 6.07) is 0.391. The number of ether oxygens (including phenoxy) is 1. The highest BCUT2D eigenvalue weighted by molar-refractivity contribution is 5.81. The molecule has 128 valence electrons. The molecule has 0 aromatic heterocycles. The lowest BCUT2D eigenvalue weighted by Crippen LogP contribution is -2.44. The molecule has 1 atom stereocenters. The fourth-order valence-corrected chi connectivity index (χ4v) is 2.21. The molecule has 2 N–H and O–H groups in total. The van der Waals surface area contributed by atoms with Gasteiger partial charge in [-0.15, -0.1) is 0 Å². The smallest absolute Gasteiger partial charge is 0.223 e. The van der Waals surface area contributed by atoms with Crippen molar-refractivity contribution in [2.24, 2.45) is 4.99 Å². The lowest BCUT2D eigenvalue weighted by Gasteiger charge is -2.31. The van der Waals surface area contributed by atoms with E-state index >= 15 is 0 Å². The first kappa shape index (κ1) is 18.7. The van der Waals surface area contributed by atoms with Crippen molar-refractivity contribution < 1.29 is 9.53 Å². The fraction of sp³-hybridized carbons (Fsp3) is 0.867. The van der Waals surface area contributed by atoms with Crippen molar-refractivity contribution in [3.8, 4) is 0 Å². The molecule has 1 aliphatic heterocycles. The average molecular weight is 313 g/mol. The monoisotopic (exact) mass is 313 g/mol. The zero-order valence-electron chi connectivity index (χ0n) is 14.4. The second-order valence-electron chi connectivity index (χ2n) is 5.68. The number of guanidine groups is 1. The zero-order chi connectivity index (χ0) is 16.4. The third-order valence-electron chi connectivity index (χ3n) is 3.66. The van der Waals surface area contributed by atoms with Crippen LogP contribution in [-0.2, 0) is 9.53 Å². The van der Waals surface area contributed by atoms with Crippen LogP contribution in [0.2, 0.25) is 0 Å². The van der Waals surface area contributed by atoms with Gasteiger partial charge in [-0.2, -0.15) is 0 Å². The van der Waals surface area contributed by atoms with Crippen LogP contribution in [-0.4, -0.2) is 87.7 Å². The molecule has 22 heavy (non-hydrogen) atoms. The van der Waals surface area contributed by atoms with E-state index < -0.39 is 0 Å². The lowest BCUT2D eigenvalue weighted by atomic mass is 10.2. The van der Waals surface area contributed by atoms with Gasteiger partial charge in [0.15, 0.2) is 5.96 Å². The van der Waals surface area contributed by atoms with Crippen molar-refractivity contribution in [3.63, 3.8) is 0 Å². The van der Waals surface area contributed by atoms with Gasteiger partial charge in [-0.25, -0.2) is 0 Å². The highest BCUT2D eigenvalue weighted by Gasteiger charge is 2.16. The van der Waals surface area contributed by atoms with Gasteiger partial charge in [-0.05, 0) is 13.8 Å². The summed E-state index contributed by atoms with van der Waals surface area (Å²) in [6.45, 7) is 9.90. The quantitative estimate of drug-likeness (QED) is 0.501. The molecule has 0 radical (unpaired) electrons. The number of amides is 1. The first-order chi connectivity index (χ1) is 10.5. The number of rotatable bonds is 7. The Bertz CT molecular complexity index is 354. The normalized spacial score (nSPS) is 17.9. The lowest BCUT2D eigenvalue weighted by molar-refractivity contribution is -0.128. The Hall–Kier alpha value is -1.34. The van der Waals surface area contributed by atoms with Crippen LogP contribution in [0.1, 0.15) is 20.3 Å². The van der Waals surface area contributed by atoms with Gasteiger partial charge in [0.1, 0.15) is 0 Å². The van der Waals surface area contributed by atoms with Crippen molar-refractivity contribution in [2.75, 3.05) is 60.0 Å². The van der Waals surface area contributed by atoms with Crippen molar-refractivity contribution in [3.05, 3.63) is 0 Å². The third-order valence-corrected chi connectivity index (χ3v) is 3.66. The number of carbonyl (C=O) groups is 1. The van der Waals surface area contributed by atoms with Crippen molar-refractivity contribution in [1.82, 2.24) is 20.4 Å². The topological polar surface area (TPSA) is 69.2 Å². The summed E-state index contributed by atoms with van der Waals surface area (Å²) in [7, 11) is 3.54. The van der Waals surface area contributed by atoms with Gasteiger partial charge in [0.2, 0.25) is 5.91 Å². The molecule has 7 heteroatoms. The zero-order valence-corrected chi connectivity index (χ0v) is 14.4. The maximum atomic E-state index is 11.6. The van der Waals surface area contributed by atoms with E-state index in [9.17, 15) is 4.79 Å². The van der Waals surface area contributed by atoms with Crippen molar-refractivity contribution in [2.45, 2.75) is 26.3 Å². The van der Waals surface area contributed by atoms with E-state index in [1.54, 1.807) is 19.0 Å². The summed E-state index contributed by atoms with van der Waals surface area (Å²) in [5, 5.41) is 6.43. The molecule has 0 saturated carbocycles. The molecule has 1 saturated heterocycles. The van der Waals surface area contributed by atoms with Crippen LogP contribution in [0.5, 0.6) is 0 Å². The molecule has 0 aliphatic carbocycles. The van der Waals surface area contributed by atoms with Gasteiger partial charge < -0.3 is 20.3 Å². The summed E-state index contributed by atoms with van der Waals surface area (Å²) in [4.78, 5) is 20.2. The van der Waals surface area contributed by atoms with Crippen LogP contribution < -0.4 is 10.6 Å². The van der Waals surface area contributed by atoms with Gasteiger partial charge in [0.05, 0.1) is 19.8 Å². The Kier molecular flexibility index (Phi) is 8.84. The number of hydrogen-bond acceptors (Lipinski definition) is 4. The molecule has 0 bridgehead atoms. The van der Waals surface area contributed by atoms with Crippen LogP contribution in [0.4, 0.5) is 0 Å². The standard InChI is InChI=1S/C15H31N5O2/c1-5-16-15(17-7-6-14(21)19(3)4)18-12-13(2)20-8-10-22-11-9-20/h13H,5-12H2,1-4H3,(H2,16,17,18). The maximum Gasteiger partial charge on any atom is 0.223 e. The highest BCUT2D eigenvalue weighted by Crippen LogP contribution is 2.03. The van der Waals surface area contributed by atoms with E-state index in [2.05, 4.69) is 27.4 Å². The minimum atomic E-state index is 0.116. The van der Waals surface area contributed by atoms with E-state index in [1.165, 1.54) is 0 Å². The van der Waals surface area contributed by atoms with E-state index in [0.717, 1.165) is 45.4 Å². The van der Waals surface area contributed by atoms with Crippen LogP contribution in [0.3, 0.4) is 0 Å². The summed E-state index contributed by atoms with van der Waals surface area (Å²) in [6.07, 6.45) is 0.469. The molecule has 1 unspecified atom stereocenters. The van der Waals surface area contributed by atoms with E-state index in [0.29, 0.717) is 19.0 Å². The molecule has 1 rings (SSSR count). The first-order valence-corrected chi connectivity index (χ1v) is 8.08. The molecule has 0 aromatic carbocycles. The Morgan fingerprint density at radius 1 is 1.32 bits per heavy atom. The molecule has 7 nitrogen and oxygen atoms in total. The molecule has 1 aliphatic rings. The van der Waals surface area contributed by atoms with Crippen molar-refractivity contribution in [1.29, 1.82) is 0 Å². The number of hydrogen-bond donors (Lipinski definition) is 2. The SMILES string of the molecule is CCNC(=NCC(C)N1CCOCC1)NCCC(=O)N(C)C. The molecule has 0 aromatic rings. The second-order valence-corrected chi connectivity index (χ2v) is 5.68. The summed E-state index contributed by atoms with van der Waals surface area (Å²) in [5.41, 5.74) is 0. The fourth-order valence-electron chi connectivity index (χ4n) is 2.21. The van der Waals surface area contributed by atoms with E-state index in [4.69, 9.17) is 4.74 Å². The largest absolute Gasteiger partial charge is 0.379 e. The second kappa shape index (κ2) is 10.4. The third kappa shape index (κ3) is 7.09. The van der Waals surface area contributed by atoms with Gasteiger partial charge in [-0.3, -0.25) is 14.7 Å². The van der Waals surface area contributed by atoms with Gasteiger partial charge in [-0.1, -0.05) is 0 Å². The predicted molar refractivity (Wildman–Crippen MR) is 89.1 cm³/mol. The predicted octanol–water partition coefficient (Wildman–Crippen LogP) is -0.259. The minimum absolute atomic E-state index is 0.116. The van der Waals surface area contributed by atoms with Crippen molar-refractivity contribution >= 4 is 11.9 Å². The van der Waals surface area contributed by atoms with Gasteiger partial charge in [0, 0.05) is 52.7 Å². The molecule has 0 spiro atoms. The van der Waals surface area contributed by atoms with Crippen LogP contribution in [0.15, 0.2) is 4.99 Å². The highest BCUT2D eigenvalue weighted by atomic mass is 16.5.